The zero-order chi connectivity index (χ0) is 44.4. The summed E-state index contributed by atoms with van der Waals surface area (Å²) in [6.45, 7) is 26.8. The van der Waals surface area contributed by atoms with Crippen LogP contribution in [0.25, 0.3) is 72.7 Å². The number of rotatable bonds is 6. The summed E-state index contributed by atoms with van der Waals surface area (Å²) >= 11 is 0. The van der Waals surface area contributed by atoms with Crippen molar-refractivity contribution in [2.75, 3.05) is 0 Å². The molecule has 0 amide bonds. The molecule has 0 aliphatic carbocycles. The molecule has 0 fully saturated rings. The van der Waals surface area contributed by atoms with Crippen LogP contribution in [0.15, 0.2) is 146 Å². The van der Waals surface area contributed by atoms with E-state index < -0.39 is 0 Å². The summed E-state index contributed by atoms with van der Waals surface area (Å²) in [6.07, 6.45) is 1.91. The molecular weight excluding hydrogens is 755 g/mol. The third kappa shape index (κ3) is 8.23. The monoisotopic (exact) mass is 815 g/mol. The number of fused-ring (bicyclic) bond motifs is 1. The number of imidazole rings is 1. The Morgan fingerprint density at radius 2 is 1.05 bits per heavy atom. The van der Waals surface area contributed by atoms with Gasteiger partial charge in [-0.3, -0.25) is 9.55 Å². The molecule has 0 saturated heterocycles. The summed E-state index contributed by atoms with van der Waals surface area (Å²) in [5.41, 5.74) is 16.0. The molecule has 8 aromatic rings. The molecule has 0 radical (unpaired) electrons. The fourth-order valence-corrected chi connectivity index (χ4v) is 8.51. The van der Waals surface area contributed by atoms with Gasteiger partial charge >= 0.3 is 0 Å². The summed E-state index contributed by atoms with van der Waals surface area (Å²) in [5, 5.41) is 12.5. The minimum Gasteiger partial charge on any atom is -0.507 e. The Bertz CT molecular complexity index is 2930. The number of aromatic hydroxyl groups is 1. The van der Waals surface area contributed by atoms with Crippen molar-refractivity contribution in [1.29, 1.82) is 0 Å². The van der Waals surface area contributed by atoms with Gasteiger partial charge in [-0.2, -0.15) is 0 Å². The van der Waals surface area contributed by atoms with Crippen molar-refractivity contribution in [3.63, 3.8) is 0 Å². The van der Waals surface area contributed by atoms with Crippen molar-refractivity contribution in [2.24, 2.45) is 0 Å². The summed E-state index contributed by atoms with van der Waals surface area (Å²) in [4.78, 5) is 10.6. The Labute approximate surface area is 369 Å². The molecule has 8 rings (SSSR count). The van der Waals surface area contributed by atoms with Crippen molar-refractivity contribution >= 4 is 11.0 Å². The molecule has 0 unspecified atom stereocenters. The second kappa shape index (κ2) is 15.6. The van der Waals surface area contributed by atoms with Crippen molar-refractivity contribution < 1.29 is 5.11 Å². The standard InChI is InChI=1S/C58H61N3O/c1-55(2,3)42-31-40(30-41(32-42)50-33-39(28-29-59-50)37-20-15-13-16-21-37)46-24-19-25-51-52(46)60-54(47-34-43(56(4,5)6)35-49(53(47)62)58(10,11)12)61(51)44-26-27-45(38-22-17-14-18-23-38)48(36-44)57(7,8)9/h13-36,62H,1-12H3. The Morgan fingerprint density at radius 3 is 1.68 bits per heavy atom. The molecule has 1 N–H and O–H groups in total. The molecule has 0 atom stereocenters. The molecule has 4 heteroatoms. The molecular formula is C58H61N3O. The summed E-state index contributed by atoms with van der Waals surface area (Å²) in [6, 6.07) is 49.9. The lowest BCUT2D eigenvalue weighted by Crippen LogP contribution is -2.17. The molecule has 2 aromatic heterocycles. The van der Waals surface area contributed by atoms with Gasteiger partial charge in [-0.05, 0) is 115 Å². The van der Waals surface area contributed by atoms with E-state index in [1.165, 1.54) is 22.3 Å². The van der Waals surface area contributed by atoms with Gasteiger partial charge in [0.25, 0.3) is 0 Å². The van der Waals surface area contributed by atoms with Gasteiger partial charge in [-0.15, -0.1) is 0 Å². The lowest BCUT2D eigenvalue weighted by Gasteiger charge is -2.28. The average Bonchev–Trinajstić information content (AvgIpc) is 3.62. The molecule has 314 valence electrons. The lowest BCUT2D eigenvalue weighted by molar-refractivity contribution is 0.446. The van der Waals surface area contributed by atoms with Gasteiger partial charge in [-0.25, -0.2) is 4.98 Å². The van der Waals surface area contributed by atoms with E-state index >= 15 is 0 Å². The van der Waals surface area contributed by atoms with Gasteiger partial charge in [0.2, 0.25) is 0 Å². The molecule has 0 aliphatic heterocycles. The first-order valence-corrected chi connectivity index (χ1v) is 22.0. The van der Waals surface area contributed by atoms with E-state index in [-0.39, 0.29) is 27.4 Å². The maximum atomic E-state index is 12.5. The Morgan fingerprint density at radius 1 is 0.435 bits per heavy atom. The van der Waals surface area contributed by atoms with E-state index in [9.17, 15) is 5.11 Å². The number of hydrogen-bond acceptors (Lipinski definition) is 3. The number of aromatic nitrogens is 3. The van der Waals surface area contributed by atoms with Gasteiger partial charge < -0.3 is 5.11 Å². The van der Waals surface area contributed by atoms with Gasteiger partial charge in [0.1, 0.15) is 11.6 Å². The number of hydrogen-bond donors (Lipinski definition) is 1. The summed E-state index contributed by atoms with van der Waals surface area (Å²) in [5.74, 6) is 0.972. The molecule has 0 aliphatic rings. The smallest absolute Gasteiger partial charge is 0.149 e. The maximum absolute atomic E-state index is 12.5. The first-order valence-electron chi connectivity index (χ1n) is 22.0. The van der Waals surface area contributed by atoms with E-state index in [1.54, 1.807) is 0 Å². The van der Waals surface area contributed by atoms with E-state index in [0.29, 0.717) is 5.82 Å². The van der Waals surface area contributed by atoms with E-state index in [4.69, 9.17) is 9.97 Å². The minimum atomic E-state index is -0.311. The van der Waals surface area contributed by atoms with Crippen LogP contribution in [0, 0.1) is 0 Å². The molecule has 6 aromatic carbocycles. The van der Waals surface area contributed by atoms with Crippen LogP contribution in [0.5, 0.6) is 5.75 Å². The maximum Gasteiger partial charge on any atom is 0.149 e. The third-order valence-electron chi connectivity index (χ3n) is 12.1. The molecule has 4 nitrogen and oxygen atoms in total. The number of pyridine rings is 1. The van der Waals surface area contributed by atoms with Gasteiger partial charge in [0.05, 0.1) is 22.3 Å². The largest absolute Gasteiger partial charge is 0.507 e. The second-order valence-electron chi connectivity index (χ2n) is 21.1. The molecule has 0 bridgehead atoms. The molecule has 0 saturated carbocycles. The highest BCUT2D eigenvalue weighted by Gasteiger charge is 2.30. The van der Waals surface area contributed by atoms with Crippen LogP contribution in [0.3, 0.4) is 0 Å². The van der Waals surface area contributed by atoms with E-state index in [2.05, 4.69) is 221 Å². The predicted octanol–water partition coefficient (Wildman–Crippen LogP) is 15.7. The third-order valence-corrected chi connectivity index (χ3v) is 12.1. The minimum absolute atomic E-state index is 0.132. The highest BCUT2D eigenvalue weighted by Crippen LogP contribution is 2.46. The van der Waals surface area contributed by atoms with Crippen LogP contribution >= 0.6 is 0 Å². The van der Waals surface area contributed by atoms with Crippen LogP contribution in [-0.4, -0.2) is 19.6 Å². The second-order valence-corrected chi connectivity index (χ2v) is 21.1. The Hall–Kier alpha value is -6.26. The number of phenols is 1. The van der Waals surface area contributed by atoms with Gasteiger partial charge in [-0.1, -0.05) is 174 Å². The average molecular weight is 816 g/mol. The zero-order valence-corrected chi connectivity index (χ0v) is 38.6. The zero-order valence-electron chi connectivity index (χ0n) is 38.6. The number of nitrogens with zero attached hydrogens (tertiary/aromatic N) is 3. The van der Waals surface area contributed by atoms with E-state index in [0.717, 1.165) is 66.9 Å². The van der Waals surface area contributed by atoms with Gasteiger partial charge in [0, 0.05) is 28.6 Å². The van der Waals surface area contributed by atoms with Crippen LogP contribution in [0.1, 0.15) is 105 Å². The van der Waals surface area contributed by atoms with Crippen molar-refractivity contribution in [1.82, 2.24) is 14.5 Å². The quantitative estimate of drug-likeness (QED) is 0.182. The van der Waals surface area contributed by atoms with Crippen LogP contribution in [-0.2, 0) is 21.7 Å². The Balaban J connectivity index is 1.44. The van der Waals surface area contributed by atoms with Crippen molar-refractivity contribution in [3.05, 3.63) is 168 Å². The van der Waals surface area contributed by atoms with Crippen molar-refractivity contribution in [2.45, 2.75) is 105 Å². The van der Waals surface area contributed by atoms with Crippen molar-refractivity contribution in [3.8, 4) is 67.5 Å². The topological polar surface area (TPSA) is 50.9 Å². The fourth-order valence-electron chi connectivity index (χ4n) is 8.51. The lowest BCUT2D eigenvalue weighted by atomic mass is 9.78. The highest BCUT2D eigenvalue weighted by molar-refractivity contribution is 5.97. The van der Waals surface area contributed by atoms with E-state index in [1.807, 2.05) is 12.3 Å². The molecule has 0 spiro atoms. The van der Waals surface area contributed by atoms with Crippen LogP contribution < -0.4 is 0 Å². The first-order chi connectivity index (χ1) is 29.2. The highest BCUT2D eigenvalue weighted by atomic mass is 16.3. The number of phenolic OH excluding ortho intramolecular Hbond substituents is 1. The molecule has 62 heavy (non-hydrogen) atoms. The normalized spacial score (nSPS) is 12.6. The fraction of sp³-hybridized carbons (Fsp3) is 0.276. The summed E-state index contributed by atoms with van der Waals surface area (Å²) in [7, 11) is 0. The number of para-hydroxylation sites is 1. The predicted molar refractivity (Wildman–Crippen MR) is 263 cm³/mol. The van der Waals surface area contributed by atoms with Crippen LogP contribution in [0.2, 0.25) is 0 Å². The molecule has 2 heterocycles. The summed E-state index contributed by atoms with van der Waals surface area (Å²) < 4.78 is 2.27. The Kier molecular flexibility index (Phi) is 10.7. The number of benzene rings is 6. The SMILES string of the molecule is CC(C)(C)c1cc(-c2cc(-c3ccccc3)ccn2)cc(-c2cccc3c2nc(-c2cc(C(C)(C)C)cc(C(C)(C)C)c2O)n3-c2ccc(-c3ccccc3)c(C(C)(C)C)c2)c1. The van der Waals surface area contributed by atoms with Crippen LogP contribution in [0.4, 0.5) is 0 Å². The first kappa shape index (κ1) is 42.4. The van der Waals surface area contributed by atoms with Gasteiger partial charge in [0.15, 0.2) is 0 Å².